The SMILES string of the molecule is CC(C)(C)c1c[c-]n(-c2ccn(C(C)(C)n3ccc(-n4[c-]cc(C(C)(C)C)n4)n3)n2)n1.[Pt+2]. The summed E-state index contributed by atoms with van der Waals surface area (Å²) in [5.74, 6) is 1.43. The van der Waals surface area contributed by atoms with Crippen LogP contribution in [-0.4, -0.2) is 39.1 Å². The van der Waals surface area contributed by atoms with Crippen molar-refractivity contribution in [1.82, 2.24) is 39.1 Å². The zero-order valence-corrected chi connectivity index (χ0v) is 22.1. The van der Waals surface area contributed by atoms with Crippen molar-refractivity contribution in [3.63, 3.8) is 0 Å². The Kier molecular flexibility index (Phi) is 6.15. The zero-order chi connectivity index (χ0) is 22.6. The van der Waals surface area contributed by atoms with Crippen LogP contribution >= 0.6 is 0 Å². The average Bonchev–Trinajstić information content (AvgIpc) is 3.47. The van der Waals surface area contributed by atoms with Gasteiger partial charge in [0.15, 0.2) is 0 Å². The van der Waals surface area contributed by atoms with Gasteiger partial charge in [-0.15, -0.1) is 12.1 Å². The first-order valence-corrected chi connectivity index (χ1v) is 10.5. The summed E-state index contributed by atoms with van der Waals surface area (Å²) in [6, 6.07) is 7.69. The minimum Gasteiger partial charge on any atom is -0.342 e. The topological polar surface area (TPSA) is 71.3 Å². The molecule has 9 heteroatoms. The van der Waals surface area contributed by atoms with Crippen molar-refractivity contribution in [2.24, 2.45) is 0 Å². The molecule has 4 aromatic rings. The molecule has 0 aromatic carbocycles. The third kappa shape index (κ3) is 4.51. The van der Waals surface area contributed by atoms with Crippen LogP contribution in [0.25, 0.3) is 11.6 Å². The Morgan fingerprint density at radius 2 is 1.00 bits per heavy atom. The second-order valence-electron chi connectivity index (χ2n) is 10.4. The molecule has 0 saturated heterocycles. The molecule has 0 aliphatic carbocycles. The Hall–Kier alpha value is -2.47. The van der Waals surface area contributed by atoms with Gasteiger partial charge in [0.25, 0.3) is 0 Å². The summed E-state index contributed by atoms with van der Waals surface area (Å²) in [6.07, 6.45) is 10.2. The van der Waals surface area contributed by atoms with Crippen LogP contribution in [0.15, 0.2) is 36.7 Å². The van der Waals surface area contributed by atoms with E-state index in [4.69, 9.17) is 10.2 Å². The smallest absolute Gasteiger partial charge is 0.342 e. The molecule has 0 fully saturated rings. The van der Waals surface area contributed by atoms with E-state index in [0.29, 0.717) is 11.6 Å². The van der Waals surface area contributed by atoms with Gasteiger partial charge in [-0.25, -0.2) is 10.2 Å². The number of hydrogen-bond acceptors (Lipinski definition) is 4. The van der Waals surface area contributed by atoms with Crippen molar-refractivity contribution in [2.75, 3.05) is 0 Å². The van der Waals surface area contributed by atoms with Crippen molar-refractivity contribution in [2.45, 2.75) is 71.9 Å². The van der Waals surface area contributed by atoms with Crippen LogP contribution in [0.2, 0.25) is 0 Å². The molecule has 0 aliphatic heterocycles. The molecule has 0 amide bonds. The van der Waals surface area contributed by atoms with E-state index in [9.17, 15) is 0 Å². The van der Waals surface area contributed by atoms with E-state index in [-0.39, 0.29) is 31.9 Å². The van der Waals surface area contributed by atoms with E-state index in [1.165, 1.54) is 0 Å². The van der Waals surface area contributed by atoms with Crippen LogP contribution < -0.4 is 0 Å². The fourth-order valence-corrected chi connectivity index (χ4v) is 3.11. The maximum absolute atomic E-state index is 4.74. The summed E-state index contributed by atoms with van der Waals surface area (Å²) < 4.78 is 7.13. The maximum Gasteiger partial charge on any atom is 2.00 e. The molecule has 8 nitrogen and oxygen atoms in total. The minimum atomic E-state index is -0.531. The standard InChI is InChI=1S/C23H30N8.Pt/c1-21(2,3)17-9-13-28(24-17)19-11-15-30(26-19)23(7,8)31-16-12-20(27-31)29-14-10-18(25-29)22(4,5)6;/h9-12,15-16H,1-8H3;/q-2;+2. The van der Waals surface area contributed by atoms with E-state index in [0.717, 1.165) is 11.4 Å². The first kappa shape index (κ1) is 24.2. The summed E-state index contributed by atoms with van der Waals surface area (Å²) >= 11 is 0. The summed E-state index contributed by atoms with van der Waals surface area (Å²) in [5.41, 5.74) is 1.35. The van der Waals surface area contributed by atoms with E-state index < -0.39 is 5.66 Å². The van der Waals surface area contributed by atoms with Crippen molar-refractivity contribution in [3.8, 4) is 11.6 Å². The van der Waals surface area contributed by atoms with E-state index >= 15 is 0 Å². The Balaban J connectivity index is 0.00000289. The largest absolute Gasteiger partial charge is 2.00 e. The maximum atomic E-state index is 4.74. The summed E-state index contributed by atoms with van der Waals surface area (Å²) in [6.45, 7) is 16.9. The number of nitrogens with zero attached hydrogens (tertiary/aromatic N) is 8. The Morgan fingerprint density at radius 1 is 0.625 bits per heavy atom. The second kappa shape index (κ2) is 8.14. The Bertz CT molecular complexity index is 1100. The van der Waals surface area contributed by atoms with E-state index in [1.54, 1.807) is 9.36 Å². The molecule has 4 aromatic heterocycles. The van der Waals surface area contributed by atoms with Gasteiger partial charge in [-0.1, -0.05) is 66.1 Å². The minimum absolute atomic E-state index is 0. The van der Waals surface area contributed by atoms with Gasteiger partial charge in [0, 0.05) is 12.4 Å². The molecule has 0 unspecified atom stereocenters. The van der Waals surface area contributed by atoms with Crippen molar-refractivity contribution in [3.05, 3.63) is 60.4 Å². The molecule has 0 spiro atoms. The molecule has 4 heterocycles. The van der Waals surface area contributed by atoms with Crippen LogP contribution in [0.5, 0.6) is 0 Å². The first-order chi connectivity index (χ1) is 14.4. The molecule has 172 valence electrons. The molecule has 0 radical (unpaired) electrons. The average molecular weight is 614 g/mol. The van der Waals surface area contributed by atoms with Gasteiger partial charge in [0.05, 0.1) is 11.6 Å². The number of rotatable bonds is 4. The number of hydrogen-bond donors (Lipinski definition) is 0. The van der Waals surface area contributed by atoms with Crippen LogP contribution in [0.4, 0.5) is 0 Å². The Labute approximate surface area is 203 Å². The van der Waals surface area contributed by atoms with Crippen LogP contribution in [-0.2, 0) is 37.6 Å². The Morgan fingerprint density at radius 3 is 1.31 bits per heavy atom. The van der Waals surface area contributed by atoms with Gasteiger partial charge >= 0.3 is 21.1 Å². The molecule has 0 aliphatic rings. The van der Waals surface area contributed by atoms with Crippen LogP contribution in [0.1, 0.15) is 66.8 Å². The van der Waals surface area contributed by atoms with E-state index in [2.05, 4.69) is 78.0 Å². The predicted molar refractivity (Wildman–Crippen MR) is 118 cm³/mol. The van der Waals surface area contributed by atoms with Gasteiger partial charge in [0.1, 0.15) is 5.66 Å². The molecule has 0 N–H and O–H groups in total. The van der Waals surface area contributed by atoms with Crippen LogP contribution in [0.3, 0.4) is 0 Å². The monoisotopic (exact) mass is 613 g/mol. The molecule has 0 saturated carbocycles. The van der Waals surface area contributed by atoms with Gasteiger partial charge in [0.2, 0.25) is 0 Å². The summed E-state index contributed by atoms with van der Waals surface area (Å²) in [7, 11) is 0. The quantitative estimate of drug-likeness (QED) is 0.328. The van der Waals surface area contributed by atoms with Crippen molar-refractivity contribution >= 4 is 0 Å². The summed E-state index contributed by atoms with van der Waals surface area (Å²) in [5, 5.41) is 18.7. The normalized spacial score (nSPS) is 12.8. The summed E-state index contributed by atoms with van der Waals surface area (Å²) in [4.78, 5) is 0. The third-order valence-corrected chi connectivity index (χ3v) is 5.30. The predicted octanol–water partition coefficient (Wildman–Crippen LogP) is 3.88. The van der Waals surface area contributed by atoms with Gasteiger partial charge in [-0.2, -0.15) is 0 Å². The first-order valence-electron chi connectivity index (χ1n) is 10.5. The van der Waals surface area contributed by atoms with Gasteiger partial charge < -0.3 is 9.36 Å². The fraction of sp³-hybridized carbons (Fsp3) is 0.478. The molecule has 4 rings (SSSR count). The molecular weight excluding hydrogens is 583 g/mol. The molecule has 0 atom stereocenters. The number of aromatic nitrogens is 8. The fourth-order valence-electron chi connectivity index (χ4n) is 3.11. The third-order valence-electron chi connectivity index (χ3n) is 5.30. The van der Waals surface area contributed by atoms with Crippen LogP contribution in [0, 0.1) is 12.4 Å². The van der Waals surface area contributed by atoms with Crippen molar-refractivity contribution in [1.29, 1.82) is 0 Å². The molecule has 0 bridgehead atoms. The molecular formula is C23H30N8Pt. The van der Waals surface area contributed by atoms with Gasteiger partial charge in [-0.3, -0.25) is 19.6 Å². The molecule has 32 heavy (non-hydrogen) atoms. The van der Waals surface area contributed by atoms with Gasteiger partial charge in [-0.05, 0) is 36.1 Å². The zero-order valence-electron chi connectivity index (χ0n) is 19.9. The van der Waals surface area contributed by atoms with E-state index in [1.807, 2.05) is 46.0 Å². The van der Waals surface area contributed by atoms with Crippen molar-refractivity contribution < 1.29 is 21.1 Å². The second-order valence-corrected chi connectivity index (χ2v) is 10.4.